The average Bonchev–Trinajstić information content (AvgIpc) is 2.93. The lowest BCUT2D eigenvalue weighted by Crippen LogP contribution is -2.07. The summed E-state index contributed by atoms with van der Waals surface area (Å²) in [6.45, 7) is 4.63. The monoisotopic (exact) mass is 282 g/mol. The second kappa shape index (κ2) is 5.60. The maximum atomic E-state index is 12.6. The van der Waals surface area contributed by atoms with E-state index < -0.39 is 0 Å². The van der Waals surface area contributed by atoms with Crippen LogP contribution in [-0.2, 0) is 6.42 Å². The lowest BCUT2D eigenvalue weighted by Gasteiger charge is -2.10. The standard InChI is InChI=1S/C18H18O3/c1-12(2)21-16-5-3-4-14(11-16)18(19)15-6-7-17-13(10-15)8-9-20-17/h3-7,10-12H,8-9H2,1-2H3. The molecule has 1 aliphatic heterocycles. The van der Waals surface area contributed by atoms with E-state index in [2.05, 4.69) is 0 Å². The SMILES string of the molecule is CC(C)Oc1cccc(C(=O)c2ccc3c(c2)CCO3)c1. The van der Waals surface area contributed by atoms with Crippen molar-refractivity contribution in [2.75, 3.05) is 6.61 Å². The Hall–Kier alpha value is -2.29. The number of rotatable bonds is 4. The number of benzene rings is 2. The molecule has 3 heteroatoms. The lowest BCUT2D eigenvalue weighted by molar-refractivity contribution is 0.103. The summed E-state index contributed by atoms with van der Waals surface area (Å²) in [4.78, 5) is 12.6. The van der Waals surface area contributed by atoms with Gasteiger partial charge in [-0.05, 0) is 49.7 Å². The van der Waals surface area contributed by atoms with Crippen LogP contribution in [-0.4, -0.2) is 18.5 Å². The number of ether oxygens (including phenoxy) is 2. The second-order valence-electron chi connectivity index (χ2n) is 5.44. The van der Waals surface area contributed by atoms with Gasteiger partial charge in [-0.25, -0.2) is 0 Å². The molecule has 0 atom stereocenters. The van der Waals surface area contributed by atoms with Gasteiger partial charge in [0.25, 0.3) is 0 Å². The Balaban J connectivity index is 1.88. The van der Waals surface area contributed by atoms with Gasteiger partial charge in [0.2, 0.25) is 0 Å². The molecule has 108 valence electrons. The van der Waals surface area contributed by atoms with Crippen molar-refractivity contribution >= 4 is 5.78 Å². The van der Waals surface area contributed by atoms with Gasteiger partial charge in [-0.1, -0.05) is 12.1 Å². The Kier molecular flexibility index (Phi) is 3.65. The third-order valence-electron chi connectivity index (χ3n) is 3.42. The molecule has 1 heterocycles. The van der Waals surface area contributed by atoms with E-state index in [1.165, 1.54) is 0 Å². The van der Waals surface area contributed by atoms with E-state index in [1.807, 2.05) is 50.2 Å². The highest BCUT2D eigenvalue weighted by atomic mass is 16.5. The second-order valence-corrected chi connectivity index (χ2v) is 5.44. The first-order valence-corrected chi connectivity index (χ1v) is 7.20. The van der Waals surface area contributed by atoms with E-state index in [1.54, 1.807) is 6.07 Å². The third kappa shape index (κ3) is 2.92. The third-order valence-corrected chi connectivity index (χ3v) is 3.42. The Bertz CT molecular complexity index is 674. The van der Waals surface area contributed by atoms with E-state index in [4.69, 9.17) is 9.47 Å². The molecule has 0 aromatic heterocycles. The minimum atomic E-state index is 0.0129. The summed E-state index contributed by atoms with van der Waals surface area (Å²) < 4.78 is 11.1. The summed E-state index contributed by atoms with van der Waals surface area (Å²) in [6.07, 6.45) is 0.958. The first-order chi connectivity index (χ1) is 10.1. The maximum Gasteiger partial charge on any atom is 0.193 e. The van der Waals surface area contributed by atoms with Crippen molar-refractivity contribution in [2.24, 2.45) is 0 Å². The molecule has 2 aromatic carbocycles. The largest absolute Gasteiger partial charge is 0.493 e. The molecule has 2 aromatic rings. The Labute approximate surface area is 124 Å². The number of hydrogen-bond donors (Lipinski definition) is 0. The molecule has 0 aliphatic carbocycles. The molecule has 0 saturated heterocycles. The number of ketones is 1. The van der Waals surface area contributed by atoms with Crippen LogP contribution in [0.15, 0.2) is 42.5 Å². The summed E-state index contributed by atoms with van der Waals surface area (Å²) in [5.41, 5.74) is 2.45. The zero-order valence-corrected chi connectivity index (χ0v) is 12.3. The number of carbonyl (C=O) groups is 1. The fourth-order valence-electron chi connectivity index (χ4n) is 2.48. The van der Waals surface area contributed by atoms with Gasteiger partial charge in [-0.15, -0.1) is 0 Å². The predicted molar refractivity (Wildman–Crippen MR) is 81.3 cm³/mol. The molecule has 0 unspecified atom stereocenters. The molecule has 3 nitrogen and oxygen atoms in total. The van der Waals surface area contributed by atoms with Gasteiger partial charge in [0, 0.05) is 17.5 Å². The van der Waals surface area contributed by atoms with Gasteiger partial charge < -0.3 is 9.47 Å². The van der Waals surface area contributed by atoms with Gasteiger partial charge in [0.05, 0.1) is 12.7 Å². The van der Waals surface area contributed by atoms with E-state index in [-0.39, 0.29) is 11.9 Å². The van der Waals surface area contributed by atoms with Crippen LogP contribution >= 0.6 is 0 Å². The van der Waals surface area contributed by atoms with E-state index in [0.717, 1.165) is 23.5 Å². The quantitative estimate of drug-likeness (QED) is 0.803. The molecule has 0 radical (unpaired) electrons. The zero-order valence-electron chi connectivity index (χ0n) is 12.3. The topological polar surface area (TPSA) is 35.5 Å². The molecular weight excluding hydrogens is 264 g/mol. The highest BCUT2D eigenvalue weighted by Gasteiger charge is 2.16. The number of fused-ring (bicyclic) bond motifs is 1. The van der Waals surface area contributed by atoms with Gasteiger partial charge in [-0.2, -0.15) is 0 Å². The molecule has 0 spiro atoms. The van der Waals surface area contributed by atoms with Crippen molar-refractivity contribution in [3.63, 3.8) is 0 Å². The van der Waals surface area contributed by atoms with Crippen molar-refractivity contribution < 1.29 is 14.3 Å². The van der Waals surface area contributed by atoms with Crippen LogP contribution in [0.2, 0.25) is 0 Å². The average molecular weight is 282 g/mol. The normalized spacial score (nSPS) is 12.9. The van der Waals surface area contributed by atoms with Crippen molar-refractivity contribution in [3.8, 4) is 11.5 Å². The van der Waals surface area contributed by atoms with Crippen LogP contribution in [0, 0.1) is 0 Å². The van der Waals surface area contributed by atoms with Crippen LogP contribution in [0.5, 0.6) is 11.5 Å². The Morgan fingerprint density at radius 3 is 2.76 bits per heavy atom. The molecule has 0 fully saturated rings. The van der Waals surface area contributed by atoms with Gasteiger partial charge in [0.1, 0.15) is 11.5 Å². The van der Waals surface area contributed by atoms with Gasteiger partial charge in [0.15, 0.2) is 5.78 Å². The number of hydrogen-bond acceptors (Lipinski definition) is 3. The van der Waals surface area contributed by atoms with Crippen LogP contribution in [0.25, 0.3) is 0 Å². The van der Waals surface area contributed by atoms with E-state index in [9.17, 15) is 4.79 Å². The molecular formula is C18H18O3. The summed E-state index contributed by atoms with van der Waals surface area (Å²) in [5, 5.41) is 0. The fraction of sp³-hybridized carbons (Fsp3) is 0.278. The smallest absolute Gasteiger partial charge is 0.193 e. The summed E-state index contributed by atoms with van der Waals surface area (Å²) in [7, 11) is 0. The highest BCUT2D eigenvalue weighted by molar-refractivity contribution is 6.09. The van der Waals surface area contributed by atoms with Crippen molar-refractivity contribution in [1.29, 1.82) is 0 Å². The zero-order chi connectivity index (χ0) is 14.8. The first kappa shape index (κ1) is 13.7. The molecule has 1 aliphatic rings. The molecule has 0 bridgehead atoms. The van der Waals surface area contributed by atoms with Crippen molar-refractivity contribution in [3.05, 3.63) is 59.2 Å². The predicted octanol–water partition coefficient (Wildman–Crippen LogP) is 3.64. The Morgan fingerprint density at radius 2 is 1.95 bits per heavy atom. The van der Waals surface area contributed by atoms with Crippen LogP contribution in [0.3, 0.4) is 0 Å². The molecule has 0 saturated carbocycles. The molecule has 0 amide bonds. The Morgan fingerprint density at radius 1 is 1.14 bits per heavy atom. The molecule has 3 rings (SSSR count). The van der Waals surface area contributed by atoms with Crippen LogP contribution in [0.4, 0.5) is 0 Å². The van der Waals surface area contributed by atoms with Gasteiger partial charge in [-0.3, -0.25) is 4.79 Å². The lowest BCUT2D eigenvalue weighted by atomic mass is 10.0. The summed E-state index contributed by atoms with van der Waals surface area (Å²) in [6, 6.07) is 13.0. The maximum absolute atomic E-state index is 12.6. The first-order valence-electron chi connectivity index (χ1n) is 7.20. The molecule has 0 N–H and O–H groups in total. The van der Waals surface area contributed by atoms with E-state index >= 15 is 0 Å². The summed E-state index contributed by atoms with van der Waals surface area (Å²) >= 11 is 0. The van der Waals surface area contributed by atoms with Crippen molar-refractivity contribution in [2.45, 2.75) is 26.4 Å². The van der Waals surface area contributed by atoms with Crippen LogP contribution < -0.4 is 9.47 Å². The molecule has 21 heavy (non-hydrogen) atoms. The van der Waals surface area contributed by atoms with Gasteiger partial charge >= 0.3 is 0 Å². The van der Waals surface area contributed by atoms with Crippen LogP contribution in [0.1, 0.15) is 35.3 Å². The van der Waals surface area contributed by atoms with Crippen molar-refractivity contribution in [1.82, 2.24) is 0 Å². The fourth-order valence-corrected chi connectivity index (χ4v) is 2.48. The minimum Gasteiger partial charge on any atom is -0.493 e. The summed E-state index contributed by atoms with van der Waals surface area (Å²) in [5.74, 6) is 1.63. The minimum absolute atomic E-state index is 0.0129. The highest BCUT2D eigenvalue weighted by Crippen LogP contribution is 2.27. The van der Waals surface area contributed by atoms with E-state index in [0.29, 0.717) is 17.7 Å². The number of carbonyl (C=O) groups excluding carboxylic acids is 1.